The van der Waals surface area contributed by atoms with Gasteiger partial charge in [-0.15, -0.1) is 0 Å². The Bertz CT molecular complexity index is 1820. The fourth-order valence-electron chi connectivity index (χ4n) is 5.32. The van der Waals surface area contributed by atoms with Gasteiger partial charge in [-0.2, -0.15) is 0 Å². The maximum Gasteiger partial charge on any atom is 0.269 e. The van der Waals surface area contributed by atoms with E-state index >= 15 is 0 Å². The molecule has 1 aliphatic heterocycles. The molecular formula is C29H31BrN4O5S2. The molecule has 1 amide bonds. The molecule has 3 aromatic carbocycles. The summed E-state index contributed by atoms with van der Waals surface area (Å²) in [4.78, 5) is 19.1. The zero-order valence-corrected chi connectivity index (χ0v) is 25.9. The van der Waals surface area contributed by atoms with Crippen molar-refractivity contribution < 1.29 is 21.6 Å². The normalized spacial score (nSPS) is 15.3. The second kappa shape index (κ2) is 11.3. The number of primary sulfonamides is 1. The largest absolute Gasteiger partial charge is 0.349 e. The van der Waals surface area contributed by atoms with Gasteiger partial charge >= 0.3 is 0 Å². The first-order chi connectivity index (χ1) is 19.3. The zero-order chi connectivity index (χ0) is 29.5. The predicted octanol–water partition coefficient (Wildman–Crippen LogP) is 4.42. The van der Waals surface area contributed by atoms with Crippen LogP contribution in [0.15, 0.2) is 79.8 Å². The van der Waals surface area contributed by atoms with Crippen LogP contribution < -0.4 is 10.5 Å². The van der Waals surface area contributed by atoms with Crippen LogP contribution in [0.2, 0.25) is 0 Å². The summed E-state index contributed by atoms with van der Waals surface area (Å²) in [7, 11) is -7.76. The number of amides is 1. The Balaban J connectivity index is 1.34. The molecule has 1 fully saturated rings. The summed E-state index contributed by atoms with van der Waals surface area (Å²) in [6.07, 6.45) is 1.37. The second-order valence-corrected chi connectivity index (χ2v) is 14.9. The Morgan fingerprint density at radius 3 is 2.20 bits per heavy atom. The van der Waals surface area contributed by atoms with Crippen molar-refractivity contribution in [2.75, 3.05) is 13.1 Å². The highest BCUT2D eigenvalue weighted by atomic mass is 79.9. The summed E-state index contributed by atoms with van der Waals surface area (Å²) < 4.78 is 51.6. The van der Waals surface area contributed by atoms with E-state index in [1.165, 1.54) is 12.1 Å². The molecule has 216 valence electrons. The van der Waals surface area contributed by atoms with Crippen molar-refractivity contribution in [1.82, 2.24) is 15.2 Å². The lowest BCUT2D eigenvalue weighted by atomic mass is 10.0. The van der Waals surface area contributed by atoms with Crippen molar-refractivity contribution in [3.63, 3.8) is 0 Å². The maximum absolute atomic E-state index is 14.0. The van der Waals surface area contributed by atoms with E-state index in [0.717, 1.165) is 29.8 Å². The van der Waals surface area contributed by atoms with Crippen LogP contribution in [0.1, 0.15) is 40.0 Å². The molecule has 0 unspecified atom stereocenters. The number of rotatable bonds is 7. The molecular weight excluding hydrogens is 628 g/mol. The van der Waals surface area contributed by atoms with Crippen LogP contribution in [0, 0.1) is 13.8 Å². The smallest absolute Gasteiger partial charge is 0.269 e. The van der Waals surface area contributed by atoms with Crippen molar-refractivity contribution in [1.29, 1.82) is 0 Å². The van der Waals surface area contributed by atoms with Gasteiger partial charge in [0.2, 0.25) is 19.9 Å². The molecule has 4 N–H and O–H groups in total. The molecule has 4 aromatic rings. The molecule has 2 heterocycles. The Hall–Kier alpha value is -3.03. The van der Waals surface area contributed by atoms with Gasteiger partial charge in [-0.3, -0.25) is 9.69 Å². The summed E-state index contributed by atoms with van der Waals surface area (Å²) in [5.74, 6) is -0.461. The lowest BCUT2D eigenvalue weighted by Crippen LogP contribution is -2.44. The van der Waals surface area contributed by atoms with Gasteiger partial charge in [-0.25, -0.2) is 22.0 Å². The first-order valence-electron chi connectivity index (χ1n) is 13.1. The molecule has 9 nitrogen and oxygen atoms in total. The number of H-pyrrole nitrogens is 1. The van der Waals surface area contributed by atoms with Gasteiger partial charge in [0.25, 0.3) is 5.91 Å². The third-order valence-electron chi connectivity index (χ3n) is 7.30. The highest BCUT2D eigenvalue weighted by Gasteiger charge is 2.31. The molecule has 0 bridgehead atoms. The lowest BCUT2D eigenvalue weighted by Gasteiger charge is -2.32. The molecule has 1 saturated heterocycles. The Labute approximate surface area is 248 Å². The van der Waals surface area contributed by atoms with Crippen molar-refractivity contribution in [2.45, 2.75) is 54.0 Å². The number of fused-ring (bicyclic) bond motifs is 1. The van der Waals surface area contributed by atoms with Crippen LogP contribution in [0.4, 0.5) is 0 Å². The Kier molecular flexibility index (Phi) is 8.14. The number of halogens is 1. The minimum absolute atomic E-state index is 0.0228. The zero-order valence-electron chi connectivity index (χ0n) is 22.6. The van der Waals surface area contributed by atoms with Gasteiger partial charge in [0.15, 0.2) is 0 Å². The van der Waals surface area contributed by atoms with Crippen LogP contribution in [0.5, 0.6) is 0 Å². The first kappa shape index (κ1) is 29.5. The van der Waals surface area contributed by atoms with Gasteiger partial charge in [-0.05, 0) is 85.8 Å². The highest BCUT2D eigenvalue weighted by Crippen LogP contribution is 2.34. The van der Waals surface area contributed by atoms with E-state index < -0.39 is 25.8 Å². The summed E-state index contributed by atoms with van der Waals surface area (Å²) >= 11 is 3.43. The number of nitrogens with zero attached hydrogens (tertiary/aromatic N) is 1. The average Bonchev–Trinajstić information content (AvgIpc) is 3.29. The fraction of sp³-hybridized carbons (Fsp3) is 0.276. The minimum atomic E-state index is -4.02. The number of nitrogens with two attached hydrogens (primary N) is 1. The SMILES string of the molecule is Cc1cc(C)cc(S(=O)(=O)c2c(C(=O)NC3CCN(Cc4ccc(S(N)(=O)=O)cc4)CC3)[nH]c3ccc(Br)cc23)c1. The molecule has 41 heavy (non-hydrogen) atoms. The molecule has 12 heteroatoms. The van der Waals surface area contributed by atoms with Crippen LogP contribution in [-0.2, 0) is 26.4 Å². The number of hydrogen-bond donors (Lipinski definition) is 3. The van der Waals surface area contributed by atoms with Gasteiger partial charge in [0.1, 0.15) is 10.6 Å². The van der Waals surface area contributed by atoms with E-state index in [1.807, 2.05) is 19.9 Å². The number of hydrogen-bond acceptors (Lipinski definition) is 6. The fourth-order valence-corrected chi connectivity index (χ4v) is 7.99. The number of carbonyl (C=O) groups is 1. The molecule has 0 radical (unpaired) electrons. The molecule has 0 saturated carbocycles. The van der Waals surface area contributed by atoms with Crippen molar-refractivity contribution in [3.8, 4) is 0 Å². The summed E-state index contributed by atoms with van der Waals surface area (Å²) in [5, 5.41) is 8.68. The highest BCUT2D eigenvalue weighted by molar-refractivity contribution is 9.10. The van der Waals surface area contributed by atoms with E-state index in [9.17, 15) is 21.6 Å². The number of sulfonamides is 1. The summed E-state index contributed by atoms with van der Waals surface area (Å²) in [6, 6.07) is 16.8. The number of sulfone groups is 1. The minimum Gasteiger partial charge on any atom is -0.349 e. The second-order valence-electron chi connectivity index (χ2n) is 10.6. The van der Waals surface area contributed by atoms with E-state index in [0.29, 0.717) is 34.8 Å². The van der Waals surface area contributed by atoms with E-state index in [1.54, 1.807) is 42.5 Å². The third kappa shape index (κ3) is 6.41. The maximum atomic E-state index is 14.0. The van der Waals surface area contributed by atoms with Crippen LogP contribution >= 0.6 is 15.9 Å². The molecule has 1 aliphatic rings. The van der Waals surface area contributed by atoms with E-state index in [4.69, 9.17) is 5.14 Å². The summed E-state index contributed by atoms with van der Waals surface area (Å²) in [6.45, 7) is 5.76. The third-order valence-corrected chi connectivity index (χ3v) is 10.5. The number of piperidine rings is 1. The number of nitrogens with one attached hydrogen (secondary N) is 2. The quantitative estimate of drug-likeness (QED) is 0.268. The Morgan fingerprint density at radius 2 is 1.59 bits per heavy atom. The van der Waals surface area contributed by atoms with E-state index in [2.05, 4.69) is 31.1 Å². The topological polar surface area (TPSA) is 142 Å². The van der Waals surface area contributed by atoms with Crippen LogP contribution in [-0.4, -0.2) is 51.8 Å². The molecule has 0 aliphatic carbocycles. The average molecular weight is 660 g/mol. The number of aryl methyl sites for hydroxylation is 2. The molecule has 0 spiro atoms. The van der Waals surface area contributed by atoms with Gasteiger partial charge < -0.3 is 10.3 Å². The number of likely N-dealkylation sites (tertiary alicyclic amines) is 1. The van der Waals surface area contributed by atoms with E-state index in [-0.39, 0.29) is 26.4 Å². The van der Waals surface area contributed by atoms with Crippen LogP contribution in [0.25, 0.3) is 10.9 Å². The summed E-state index contributed by atoms with van der Waals surface area (Å²) in [5.41, 5.74) is 3.19. The van der Waals surface area contributed by atoms with Crippen molar-refractivity contribution >= 4 is 52.6 Å². The number of carbonyl (C=O) groups excluding carboxylic acids is 1. The predicted molar refractivity (Wildman–Crippen MR) is 161 cm³/mol. The van der Waals surface area contributed by atoms with Gasteiger partial charge in [-0.1, -0.05) is 34.1 Å². The lowest BCUT2D eigenvalue weighted by molar-refractivity contribution is 0.0901. The van der Waals surface area contributed by atoms with Gasteiger partial charge in [0.05, 0.1) is 9.79 Å². The van der Waals surface area contributed by atoms with Crippen LogP contribution in [0.3, 0.4) is 0 Å². The monoisotopic (exact) mass is 658 g/mol. The van der Waals surface area contributed by atoms with Gasteiger partial charge in [0, 0.05) is 41.1 Å². The number of aromatic amines is 1. The van der Waals surface area contributed by atoms with Crippen molar-refractivity contribution in [3.05, 3.63) is 87.5 Å². The molecule has 5 rings (SSSR count). The number of aromatic nitrogens is 1. The standard InChI is InChI=1S/C29H31BrN4O5S2/c1-18-13-19(2)15-24(14-18)40(36,37)28-25-16-21(30)5-8-26(25)33-27(28)29(35)32-22-9-11-34(12-10-22)17-20-3-6-23(7-4-20)41(31,38)39/h3-8,13-16,22,33H,9-12,17H2,1-2H3,(H,32,35)(H2,31,38,39). The molecule has 1 aromatic heterocycles. The van der Waals surface area contributed by atoms with Crippen molar-refractivity contribution in [2.24, 2.45) is 5.14 Å². The Morgan fingerprint density at radius 1 is 0.951 bits per heavy atom. The first-order valence-corrected chi connectivity index (χ1v) is 16.9. The molecule has 0 atom stereocenters. The number of benzene rings is 3.